The highest BCUT2D eigenvalue weighted by Gasteiger charge is 2.07. The minimum Gasteiger partial charge on any atom is -0.494 e. The summed E-state index contributed by atoms with van der Waals surface area (Å²) in [5.41, 5.74) is 6.64. The van der Waals surface area contributed by atoms with Crippen LogP contribution in [-0.4, -0.2) is 20.3 Å². The first kappa shape index (κ1) is 11.0. The molecule has 0 heterocycles. The Kier molecular flexibility index (Phi) is 4.43. The Morgan fingerprint density at radius 1 is 1.29 bits per heavy atom. The second kappa shape index (κ2) is 5.62. The number of methoxy groups -OCH3 is 1. The summed E-state index contributed by atoms with van der Waals surface area (Å²) in [6.07, 6.45) is -0.0225. The van der Waals surface area contributed by atoms with Crippen LogP contribution in [0.25, 0.3) is 0 Å². The molecule has 1 aromatic carbocycles. The molecule has 2 N–H and O–H groups in total. The molecule has 0 aliphatic heterocycles. The molecule has 14 heavy (non-hydrogen) atoms. The van der Waals surface area contributed by atoms with E-state index in [9.17, 15) is 0 Å². The number of ether oxygens (including phenoxy) is 2. The lowest BCUT2D eigenvalue weighted by Crippen LogP contribution is -2.13. The van der Waals surface area contributed by atoms with Crippen LogP contribution in [0.5, 0.6) is 5.75 Å². The Morgan fingerprint density at radius 3 is 2.36 bits per heavy atom. The van der Waals surface area contributed by atoms with Crippen molar-refractivity contribution in [1.29, 1.82) is 0 Å². The van der Waals surface area contributed by atoms with Gasteiger partial charge in [-0.25, -0.2) is 0 Å². The van der Waals surface area contributed by atoms with Crippen molar-refractivity contribution < 1.29 is 9.47 Å². The largest absolute Gasteiger partial charge is 0.494 e. The van der Waals surface area contributed by atoms with Gasteiger partial charge in [0.15, 0.2) is 0 Å². The van der Waals surface area contributed by atoms with E-state index in [2.05, 4.69) is 0 Å². The van der Waals surface area contributed by atoms with Gasteiger partial charge in [0.2, 0.25) is 0 Å². The first-order chi connectivity index (χ1) is 6.81. The van der Waals surface area contributed by atoms with Gasteiger partial charge in [-0.1, -0.05) is 12.1 Å². The molecule has 0 saturated heterocycles. The van der Waals surface area contributed by atoms with Crippen molar-refractivity contribution in [3.8, 4) is 5.75 Å². The van der Waals surface area contributed by atoms with Crippen LogP contribution in [-0.2, 0) is 4.74 Å². The van der Waals surface area contributed by atoms with Gasteiger partial charge in [0, 0.05) is 13.7 Å². The van der Waals surface area contributed by atoms with Gasteiger partial charge in [0.05, 0.1) is 12.7 Å². The monoisotopic (exact) mass is 195 g/mol. The summed E-state index contributed by atoms with van der Waals surface area (Å²) in [4.78, 5) is 0. The standard InChI is InChI=1S/C11H17NO2/c1-3-14-10-6-4-9(5-7-10)11(8-12)13-2/h4-7,11H,3,8,12H2,1-2H3. The van der Waals surface area contributed by atoms with Gasteiger partial charge < -0.3 is 15.2 Å². The van der Waals surface area contributed by atoms with Gasteiger partial charge >= 0.3 is 0 Å². The van der Waals surface area contributed by atoms with E-state index in [0.29, 0.717) is 13.2 Å². The van der Waals surface area contributed by atoms with E-state index in [0.717, 1.165) is 11.3 Å². The van der Waals surface area contributed by atoms with Crippen LogP contribution in [0.15, 0.2) is 24.3 Å². The van der Waals surface area contributed by atoms with Crippen LogP contribution in [0.2, 0.25) is 0 Å². The highest BCUT2D eigenvalue weighted by Crippen LogP contribution is 2.19. The van der Waals surface area contributed by atoms with Crippen molar-refractivity contribution in [2.75, 3.05) is 20.3 Å². The molecular formula is C11H17NO2. The van der Waals surface area contributed by atoms with E-state index in [-0.39, 0.29) is 6.10 Å². The summed E-state index contributed by atoms with van der Waals surface area (Å²) < 4.78 is 10.6. The molecule has 3 heteroatoms. The summed E-state index contributed by atoms with van der Waals surface area (Å²) in [5, 5.41) is 0. The lowest BCUT2D eigenvalue weighted by molar-refractivity contribution is 0.110. The van der Waals surface area contributed by atoms with Crippen molar-refractivity contribution in [1.82, 2.24) is 0 Å². The topological polar surface area (TPSA) is 44.5 Å². The van der Waals surface area contributed by atoms with Gasteiger partial charge in [-0.2, -0.15) is 0 Å². The first-order valence-electron chi connectivity index (χ1n) is 4.77. The van der Waals surface area contributed by atoms with Crippen molar-refractivity contribution >= 4 is 0 Å². The number of benzene rings is 1. The SMILES string of the molecule is CCOc1ccc(C(CN)OC)cc1. The number of nitrogens with two attached hydrogens (primary N) is 1. The van der Waals surface area contributed by atoms with Crippen molar-refractivity contribution in [3.63, 3.8) is 0 Å². The summed E-state index contributed by atoms with van der Waals surface area (Å²) in [6, 6.07) is 7.82. The molecule has 1 aromatic rings. The van der Waals surface area contributed by atoms with Crippen LogP contribution in [0.3, 0.4) is 0 Å². The third kappa shape index (κ3) is 2.72. The predicted octanol–water partition coefficient (Wildman–Crippen LogP) is 1.73. The molecule has 0 amide bonds. The Hall–Kier alpha value is -1.06. The maximum absolute atomic E-state index is 5.56. The minimum atomic E-state index is -0.0225. The predicted molar refractivity (Wildman–Crippen MR) is 56.4 cm³/mol. The zero-order valence-corrected chi connectivity index (χ0v) is 8.69. The maximum Gasteiger partial charge on any atom is 0.119 e. The smallest absolute Gasteiger partial charge is 0.119 e. The van der Waals surface area contributed by atoms with Gasteiger partial charge in [-0.3, -0.25) is 0 Å². The lowest BCUT2D eigenvalue weighted by atomic mass is 10.1. The average molecular weight is 195 g/mol. The summed E-state index contributed by atoms with van der Waals surface area (Å²) in [5.74, 6) is 0.878. The van der Waals surface area contributed by atoms with E-state index >= 15 is 0 Å². The lowest BCUT2D eigenvalue weighted by Gasteiger charge is -2.13. The minimum absolute atomic E-state index is 0.0225. The molecule has 0 bridgehead atoms. The summed E-state index contributed by atoms with van der Waals surface area (Å²) >= 11 is 0. The molecule has 0 fully saturated rings. The Bertz CT molecular complexity index is 254. The van der Waals surface area contributed by atoms with Gasteiger partial charge in [-0.05, 0) is 24.6 Å². The van der Waals surface area contributed by atoms with E-state index in [1.54, 1.807) is 7.11 Å². The molecule has 1 atom stereocenters. The van der Waals surface area contributed by atoms with E-state index in [1.165, 1.54) is 0 Å². The fourth-order valence-corrected chi connectivity index (χ4v) is 1.31. The fraction of sp³-hybridized carbons (Fsp3) is 0.455. The zero-order valence-electron chi connectivity index (χ0n) is 8.69. The third-order valence-electron chi connectivity index (χ3n) is 2.06. The molecule has 1 rings (SSSR count). The second-order valence-corrected chi connectivity index (χ2v) is 2.96. The first-order valence-corrected chi connectivity index (χ1v) is 4.77. The molecule has 0 aliphatic rings. The molecule has 3 nitrogen and oxygen atoms in total. The zero-order chi connectivity index (χ0) is 10.4. The van der Waals surface area contributed by atoms with E-state index in [1.807, 2.05) is 31.2 Å². The molecule has 78 valence electrons. The van der Waals surface area contributed by atoms with Crippen molar-refractivity contribution in [2.45, 2.75) is 13.0 Å². The van der Waals surface area contributed by atoms with Gasteiger partial charge in [-0.15, -0.1) is 0 Å². The molecule has 0 aliphatic carbocycles. The van der Waals surface area contributed by atoms with Crippen LogP contribution < -0.4 is 10.5 Å². The Balaban J connectivity index is 2.71. The summed E-state index contributed by atoms with van der Waals surface area (Å²) in [7, 11) is 1.66. The normalized spacial score (nSPS) is 12.5. The number of rotatable bonds is 5. The highest BCUT2D eigenvalue weighted by atomic mass is 16.5. The summed E-state index contributed by atoms with van der Waals surface area (Å²) in [6.45, 7) is 3.14. The Labute approximate surface area is 84.8 Å². The Morgan fingerprint density at radius 2 is 1.93 bits per heavy atom. The van der Waals surface area contributed by atoms with E-state index in [4.69, 9.17) is 15.2 Å². The molecular weight excluding hydrogens is 178 g/mol. The molecule has 0 radical (unpaired) electrons. The highest BCUT2D eigenvalue weighted by molar-refractivity contribution is 5.28. The quantitative estimate of drug-likeness (QED) is 0.778. The van der Waals surface area contributed by atoms with Crippen LogP contribution in [0, 0.1) is 0 Å². The molecule has 0 aromatic heterocycles. The third-order valence-corrected chi connectivity index (χ3v) is 2.06. The second-order valence-electron chi connectivity index (χ2n) is 2.96. The molecule has 0 spiro atoms. The fourth-order valence-electron chi connectivity index (χ4n) is 1.31. The van der Waals surface area contributed by atoms with E-state index < -0.39 is 0 Å². The molecule has 1 unspecified atom stereocenters. The van der Waals surface area contributed by atoms with Crippen LogP contribution in [0.4, 0.5) is 0 Å². The van der Waals surface area contributed by atoms with Crippen molar-refractivity contribution in [3.05, 3.63) is 29.8 Å². The molecule has 0 saturated carbocycles. The number of hydrogen-bond donors (Lipinski definition) is 1. The van der Waals surface area contributed by atoms with Crippen LogP contribution >= 0.6 is 0 Å². The maximum atomic E-state index is 5.56. The average Bonchev–Trinajstić information content (AvgIpc) is 2.23. The van der Waals surface area contributed by atoms with Crippen LogP contribution in [0.1, 0.15) is 18.6 Å². The van der Waals surface area contributed by atoms with Crippen molar-refractivity contribution in [2.24, 2.45) is 5.73 Å². The number of hydrogen-bond acceptors (Lipinski definition) is 3. The van der Waals surface area contributed by atoms with Gasteiger partial charge in [0.25, 0.3) is 0 Å². The van der Waals surface area contributed by atoms with Gasteiger partial charge in [0.1, 0.15) is 5.75 Å².